The fourth-order valence-corrected chi connectivity index (χ4v) is 3.58. The second kappa shape index (κ2) is 10.4. The zero-order valence-electron chi connectivity index (χ0n) is 17.4. The summed E-state index contributed by atoms with van der Waals surface area (Å²) in [5.41, 5.74) is 3.33. The summed E-state index contributed by atoms with van der Waals surface area (Å²) in [5, 5.41) is 14.4. The number of aryl methyl sites for hydroxylation is 1. The molecule has 7 nitrogen and oxygen atoms in total. The molecule has 0 radical (unpaired) electrons. The maximum Gasteiger partial charge on any atom is 0.224 e. The summed E-state index contributed by atoms with van der Waals surface area (Å²) in [5.74, 6) is 0.0475. The molecule has 2 aromatic carbocycles. The van der Waals surface area contributed by atoms with Gasteiger partial charge in [0.2, 0.25) is 5.91 Å². The number of anilines is 4. The van der Waals surface area contributed by atoms with Gasteiger partial charge in [-0.05, 0) is 48.4 Å². The van der Waals surface area contributed by atoms with Crippen LogP contribution in [0.1, 0.15) is 12.0 Å². The Morgan fingerprint density at radius 3 is 2.59 bits per heavy atom. The number of rotatable bonds is 7. The van der Waals surface area contributed by atoms with Crippen molar-refractivity contribution in [2.24, 2.45) is 0 Å². The first kappa shape index (κ1) is 22.0. The third-order valence-electron chi connectivity index (χ3n) is 5.08. The molecule has 0 aliphatic carbocycles. The van der Waals surface area contributed by atoms with E-state index in [1.54, 1.807) is 18.3 Å². The Morgan fingerprint density at radius 1 is 1.09 bits per heavy atom. The first-order valence-electron chi connectivity index (χ1n) is 10.3. The molecule has 3 aromatic rings. The zero-order valence-corrected chi connectivity index (χ0v) is 18.1. The van der Waals surface area contributed by atoms with Gasteiger partial charge < -0.3 is 20.3 Å². The normalized spacial score (nSPS) is 13.6. The number of morpholine rings is 1. The fourth-order valence-electron chi connectivity index (χ4n) is 3.37. The minimum Gasteiger partial charge on any atom is -0.378 e. The zero-order chi connectivity index (χ0) is 22.3. The van der Waals surface area contributed by atoms with E-state index >= 15 is 0 Å². The highest BCUT2D eigenvalue weighted by Crippen LogP contribution is 2.22. The minimum atomic E-state index is -0.465. The summed E-state index contributed by atoms with van der Waals surface area (Å²) in [6.45, 7) is 3.06. The molecule has 0 bridgehead atoms. The first-order chi connectivity index (χ1) is 15.6. The Hall–Kier alpha value is -3.23. The van der Waals surface area contributed by atoms with E-state index in [0.29, 0.717) is 31.1 Å². The number of carbonyl (C=O) groups is 1. The second-order valence-corrected chi connectivity index (χ2v) is 7.80. The van der Waals surface area contributed by atoms with E-state index in [-0.39, 0.29) is 17.4 Å². The van der Waals surface area contributed by atoms with Crippen LogP contribution in [0.2, 0.25) is 5.02 Å². The van der Waals surface area contributed by atoms with Gasteiger partial charge in [-0.15, -0.1) is 5.10 Å². The number of aromatic nitrogens is 2. The number of carbonyl (C=O) groups excluding carboxylic acids is 1. The highest BCUT2D eigenvalue weighted by Gasteiger charge is 2.12. The fraction of sp³-hybridized carbons (Fsp3) is 0.261. The highest BCUT2D eigenvalue weighted by atomic mass is 35.5. The van der Waals surface area contributed by atoms with E-state index in [0.717, 1.165) is 30.0 Å². The molecule has 0 spiro atoms. The van der Waals surface area contributed by atoms with Crippen LogP contribution >= 0.6 is 11.6 Å². The molecular weight excluding hydrogens is 433 g/mol. The molecular formula is C23H23ClFN5O2. The lowest BCUT2D eigenvalue weighted by molar-refractivity contribution is -0.116. The molecule has 1 aliphatic heterocycles. The van der Waals surface area contributed by atoms with E-state index in [2.05, 4.69) is 25.7 Å². The van der Waals surface area contributed by atoms with Crippen LogP contribution in [-0.2, 0) is 16.0 Å². The highest BCUT2D eigenvalue weighted by molar-refractivity contribution is 6.30. The van der Waals surface area contributed by atoms with Crippen LogP contribution in [0.25, 0.3) is 0 Å². The molecule has 2 heterocycles. The molecule has 1 fully saturated rings. The Morgan fingerprint density at radius 2 is 1.84 bits per heavy atom. The SMILES string of the molecule is O=C(CCc1ccc(F)c(Cl)c1)Nc1ccc(Nc2cc(N3CCOCC3)cnn2)cc1. The minimum absolute atomic E-state index is 0.0613. The van der Waals surface area contributed by atoms with Gasteiger partial charge in [-0.25, -0.2) is 4.39 Å². The van der Waals surface area contributed by atoms with Crippen molar-refractivity contribution in [2.45, 2.75) is 12.8 Å². The summed E-state index contributed by atoms with van der Waals surface area (Å²) < 4.78 is 18.6. The number of nitrogens with zero attached hydrogens (tertiary/aromatic N) is 3. The summed E-state index contributed by atoms with van der Waals surface area (Å²) >= 11 is 5.78. The largest absolute Gasteiger partial charge is 0.378 e. The van der Waals surface area contributed by atoms with Crippen molar-refractivity contribution in [1.82, 2.24) is 10.2 Å². The van der Waals surface area contributed by atoms with Crippen molar-refractivity contribution in [3.8, 4) is 0 Å². The molecule has 166 valence electrons. The van der Waals surface area contributed by atoms with Crippen molar-refractivity contribution in [3.05, 3.63) is 71.1 Å². The van der Waals surface area contributed by atoms with Crippen LogP contribution in [-0.4, -0.2) is 42.4 Å². The van der Waals surface area contributed by atoms with Gasteiger partial charge in [0, 0.05) is 37.0 Å². The Kier molecular flexibility index (Phi) is 7.14. The van der Waals surface area contributed by atoms with Crippen molar-refractivity contribution in [3.63, 3.8) is 0 Å². The number of halogens is 2. The van der Waals surface area contributed by atoms with Gasteiger partial charge in [0.05, 0.1) is 30.1 Å². The van der Waals surface area contributed by atoms with E-state index in [1.165, 1.54) is 6.07 Å². The predicted molar refractivity (Wildman–Crippen MR) is 123 cm³/mol. The van der Waals surface area contributed by atoms with Crippen LogP contribution in [0.15, 0.2) is 54.7 Å². The van der Waals surface area contributed by atoms with Gasteiger partial charge >= 0.3 is 0 Å². The molecule has 1 amide bonds. The van der Waals surface area contributed by atoms with Crippen molar-refractivity contribution in [1.29, 1.82) is 0 Å². The van der Waals surface area contributed by atoms with E-state index in [9.17, 15) is 9.18 Å². The quantitative estimate of drug-likeness (QED) is 0.549. The topological polar surface area (TPSA) is 79.4 Å². The lowest BCUT2D eigenvalue weighted by Crippen LogP contribution is -2.36. The number of benzene rings is 2. The van der Waals surface area contributed by atoms with Crippen molar-refractivity contribution >= 4 is 40.4 Å². The molecule has 2 N–H and O–H groups in total. The van der Waals surface area contributed by atoms with Gasteiger partial charge in [-0.1, -0.05) is 17.7 Å². The van der Waals surface area contributed by atoms with Crippen LogP contribution in [0.4, 0.5) is 27.3 Å². The molecule has 0 unspecified atom stereocenters. The monoisotopic (exact) mass is 455 g/mol. The summed E-state index contributed by atoms with van der Waals surface area (Å²) in [4.78, 5) is 14.4. The predicted octanol–water partition coefficient (Wildman–Crippen LogP) is 4.42. The van der Waals surface area contributed by atoms with Gasteiger partial charge in [-0.3, -0.25) is 4.79 Å². The van der Waals surface area contributed by atoms with E-state index in [4.69, 9.17) is 16.3 Å². The lowest BCUT2D eigenvalue weighted by atomic mass is 10.1. The van der Waals surface area contributed by atoms with Gasteiger partial charge in [0.1, 0.15) is 5.82 Å². The molecule has 0 atom stereocenters. The standard InChI is InChI=1S/C23H23ClFN5O2/c24-20-13-16(1-7-21(20)25)2-8-23(31)28-18-5-3-17(4-6-18)27-22-14-19(15-26-29-22)30-9-11-32-12-10-30/h1,3-7,13-15H,2,8-12H2,(H,27,29)(H,28,31). The Balaban J connectivity index is 1.30. The first-order valence-corrected chi connectivity index (χ1v) is 10.7. The van der Waals surface area contributed by atoms with Crippen LogP contribution < -0.4 is 15.5 Å². The summed E-state index contributed by atoms with van der Waals surface area (Å²) in [7, 11) is 0. The molecule has 9 heteroatoms. The van der Waals surface area contributed by atoms with Crippen LogP contribution in [0.3, 0.4) is 0 Å². The molecule has 32 heavy (non-hydrogen) atoms. The maximum atomic E-state index is 13.2. The van der Waals surface area contributed by atoms with E-state index < -0.39 is 5.82 Å². The second-order valence-electron chi connectivity index (χ2n) is 7.40. The maximum absolute atomic E-state index is 13.2. The summed E-state index contributed by atoms with van der Waals surface area (Å²) in [6, 6.07) is 13.8. The van der Waals surface area contributed by atoms with Gasteiger partial charge in [0.15, 0.2) is 5.82 Å². The van der Waals surface area contributed by atoms with Crippen molar-refractivity contribution in [2.75, 3.05) is 41.8 Å². The third-order valence-corrected chi connectivity index (χ3v) is 5.37. The number of nitrogens with one attached hydrogen (secondary N) is 2. The smallest absolute Gasteiger partial charge is 0.224 e. The van der Waals surface area contributed by atoms with Crippen LogP contribution in [0.5, 0.6) is 0 Å². The molecule has 0 saturated carbocycles. The number of hydrogen-bond acceptors (Lipinski definition) is 6. The summed E-state index contributed by atoms with van der Waals surface area (Å²) in [6.07, 6.45) is 2.49. The van der Waals surface area contributed by atoms with Gasteiger partial charge in [-0.2, -0.15) is 5.10 Å². The van der Waals surface area contributed by atoms with Gasteiger partial charge in [0.25, 0.3) is 0 Å². The van der Waals surface area contributed by atoms with Crippen molar-refractivity contribution < 1.29 is 13.9 Å². The van der Waals surface area contributed by atoms with E-state index in [1.807, 2.05) is 30.3 Å². The molecule has 1 aromatic heterocycles. The number of ether oxygens (including phenoxy) is 1. The van der Waals surface area contributed by atoms with Crippen LogP contribution in [0, 0.1) is 5.82 Å². The average molecular weight is 456 g/mol. The average Bonchev–Trinajstić information content (AvgIpc) is 2.82. The molecule has 4 rings (SSSR count). The third kappa shape index (κ3) is 5.93. The lowest BCUT2D eigenvalue weighted by Gasteiger charge is -2.28. The Labute approximate surface area is 190 Å². The molecule has 1 saturated heterocycles. The number of amides is 1. The molecule has 1 aliphatic rings. The number of hydrogen-bond donors (Lipinski definition) is 2. The Bertz CT molecular complexity index is 1070.